The van der Waals surface area contributed by atoms with E-state index in [9.17, 15) is 4.79 Å². The molecule has 9 heteroatoms. The van der Waals surface area contributed by atoms with Gasteiger partial charge in [-0.1, -0.05) is 0 Å². The summed E-state index contributed by atoms with van der Waals surface area (Å²) in [6, 6.07) is 9.37. The maximum atomic E-state index is 12.0. The third-order valence-corrected chi connectivity index (χ3v) is 4.88. The molecule has 0 aromatic carbocycles. The number of nitrogens with one attached hydrogen (secondary N) is 1. The number of nitrogens with zero attached hydrogens (tertiary/aromatic N) is 7. The zero-order chi connectivity index (χ0) is 20.2. The van der Waals surface area contributed by atoms with E-state index in [4.69, 9.17) is 10.5 Å². The Morgan fingerprint density at radius 1 is 1.28 bits per heavy atom. The van der Waals surface area contributed by atoms with Gasteiger partial charge in [-0.3, -0.25) is 9.20 Å². The molecule has 1 fully saturated rings. The molecule has 1 aliphatic rings. The second-order valence-corrected chi connectivity index (χ2v) is 6.82. The van der Waals surface area contributed by atoms with Crippen molar-refractivity contribution in [2.45, 2.75) is 25.3 Å². The predicted molar refractivity (Wildman–Crippen MR) is 104 cm³/mol. The first-order chi connectivity index (χ1) is 14.2. The molecule has 1 N–H and O–H groups in total. The number of anilines is 1. The fourth-order valence-electron chi connectivity index (χ4n) is 3.48. The monoisotopic (exact) mass is 386 g/mol. The first kappa shape index (κ1) is 18.4. The van der Waals surface area contributed by atoms with Crippen LogP contribution in [0.2, 0.25) is 0 Å². The summed E-state index contributed by atoms with van der Waals surface area (Å²) in [7, 11) is 0. The third-order valence-electron chi connectivity index (χ3n) is 4.88. The molecule has 0 bridgehead atoms. The van der Waals surface area contributed by atoms with E-state index in [1.807, 2.05) is 6.07 Å². The molecule has 9 nitrogen and oxygen atoms in total. The first-order valence-electron chi connectivity index (χ1n) is 9.30. The summed E-state index contributed by atoms with van der Waals surface area (Å²) in [6.07, 6.45) is 6.75. The number of fused-ring (bicyclic) bond motifs is 1. The number of imidazole rings is 1. The van der Waals surface area contributed by atoms with Crippen LogP contribution < -0.4 is 5.32 Å². The number of amides is 1. The maximum absolute atomic E-state index is 12.0. The molecule has 0 spiro atoms. The molecule has 3 aromatic heterocycles. The van der Waals surface area contributed by atoms with Crippen molar-refractivity contribution in [1.29, 1.82) is 10.5 Å². The predicted octanol–water partition coefficient (Wildman–Crippen LogP) is 1.98. The van der Waals surface area contributed by atoms with Crippen LogP contribution in [0.1, 0.15) is 24.8 Å². The quantitative estimate of drug-likeness (QED) is 0.727. The molecule has 0 radical (unpaired) electrons. The second-order valence-electron chi connectivity index (χ2n) is 6.82. The van der Waals surface area contributed by atoms with Gasteiger partial charge in [-0.2, -0.15) is 10.5 Å². The van der Waals surface area contributed by atoms with Crippen molar-refractivity contribution in [3.05, 3.63) is 42.4 Å². The Kier molecular flexibility index (Phi) is 5.04. The van der Waals surface area contributed by atoms with Crippen molar-refractivity contribution in [2.24, 2.45) is 0 Å². The molecule has 1 atom stereocenters. The van der Waals surface area contributed by atoms with E-state index in [1.165, 1.54) is 0 Å². The smallest absolute Gasteiger partial charge is 0.236 e. The SMILES string of the molecule is N#CCC(=O)N1CCC[C@H](Nc2ccnc(-c3cnc4ccc(C#N)cn34)n2)C1. The molecule has 4 heterocycles. The highest BCUT2D eigenvalue weighted by atomic mass is 16.2. The van der Waals surface area contributed by atoms with Crippen molar-refractivity contribution >= 4 is 17.4 Å². The van der Waals surface area contributed by atoms with Gasteiger partial charge in [0.15, 0.2) is 5.82 Å². The van der Waals surface area contributed by atoms with Gasteiger partial charge in [0, 0.05) is 31.5 Å². The number of nitriles is 2. The zero-order valence-corrected chi connectivity index (χ0v) is 15.6. The Bertz CT molecular complexity index is 1140. The van der Waals surface area contributed by atoms with Gasteiger partial charge in [0.25, 0.3) is 0 Å². The fraction of sp³-hybridized carbons (Fsp3) is 0.300. The van der Waals surface area contributed by atoms with Crippen LogP contribution in [0.4, 0.5) is 5.82 Å². The lowest BCUT2D eigenvalue weighted by atomic mass is 10.1. The van der Waals surface area contributed by atoms with Crippen LogP contribution in [0, 0.1) is 22.7 Å². The van der Waals surface area contributed by atoms with Gasteiger partial charge in [0.05, 0.1) is 17.8 Å². The molecule has 1 aliphatic heterocycles. The number of carbonyl (C=O) groups is 1. The van der Waals surface area contributed by atoms with Gasteiger partial charge >= 0.3 is 0 Å². The fourth-order valence-corrected chi connectivity index (χ4v) is 3.48. The van der Waals surface area contributed by atoms with Gasteiger partial charge in [-0.05, 0) is 31.0 Å². The van der Waals surface area contributed by atoms with E-state index < -0.39 is 0 Å². The van der Waals surface area contributed by atoms with Gasteiger partial charge in [-0.25, -0.2) is 15.0 Å². The van der Waals surface area contributed by atoms with E-state index in [0.717, 1.165) is 12.8 Å². The molecule has 0 unspecified atom stereocenters. The number of hydrogen-bond acceptors (Lipinski definition) is 7. The minimum Gasteiger partial charge on any atom is -0.365 e. The van der Waals surface area contributed by atoms with Crippen molar-refractivity contribution in [2.75, 3.05) is 18.4 Å². The summed E-state index contributed by atoms with van der Waals surface area (Å²) < 4.78 is 1.79. The van der Waals surface area contributed by atoms with Crippen LogP contribution in [-0.2, 0) is 4.79 Å². The number of rotatable bonds is 4. The molecule has 0 saturated carbocycles. The largest absolute Gasteiger partial charge is 0.365 e. The van der Waals surface area contributed by atoms with Crippen LogP contribution in [0.5, 0.6) is 0 Å². The molecular formula is C20H18N8O. The number of hydrogen-bond donors (Lipinski definition) is 1. The molecule has 4 rings (SSSR count). The standard InChI is InChI=1S/C20H18N8O/c21-7-5-19(29)27-9-1-2-15(13-27)25-17-6-8-23-20(26-17)16-11-24-18-4-3-14(10-22)12-28(16)18/h3-4,6,8,11-12,15H,1-2,5,9,13H2,(H,23,25,26)/t15-/m0/s1. The average molecular weight is 386 g/mol. The Morgan fingerprint density at radius 2 is 2.17 bits per heavy atom. The molecule has 144 valence electrons. The van der Waals surface area contributed by atoms with Crippen LogP contribution in [-0.4, -0.2) is 49.3 Å². The highest BCUT2D eigenvalue weighted by Crippen LogP contribution is 2.21. The van der Waals surface area contributed by atoms with Crippen molar-refractivity contribution in [3.63, 3.8) is 0 Å². The summed E-state index contributed by atoms with van der Waals surface area (Å²) in [4.78, 5) is 27.0. The Balaban J connectivity index is 1.55. The van der Waals surface area contributed by atoms with Gasteiger partial charge in [0.1, 0.15) is 29.6 Å². The number of pyridine rings is 1. The molecule has 29 heavy (non-hydrogen) atoms. The topological polar surface area (TPSA) is 123 Å². The minimum atomic E-state index is -0.138. The Labute approximate surface area is 167 Å². The molecule has 0 aliphatic carbocycles. The van der Waals surface area contributed by atoms with Crippen molar-refractivity contribution < 1.29 is 4.79 Å². The minimum absolute atomic E-state index is 0.0570. The third kappa shape index (κ3) is 3.85. The lowest BCUT2D eigenvalue weighted by molar-refractivity contribution is -0.131. The van der Waals surface area contributed by atoms with E-state index in [-0.39, 0.29) is 18.4 Å². The molecule has 3 aromatic rings. The summed E-state index contributed by atoms with van der Waals surface area (Å²) in [5, 5.41) is 21.3. The number of carbonyl (C=O) groups excluding carboxylic acids is 1. The lowest BCUT2D eigenvalue weighted by Crippen LogP contribution is -2.45. The second kappa shape index (κ2) is 7.95. The normalized spacial score (nSPS) is 16.2. The maximum Gasteiger partial charge on any atom is 0.236 e. The van der Waals surface area contributed by atoms with E-state index in [1.54, 1.807) is 46.1 Å². The van der Waals surface area contributed by atoms with E-state index in [2.05, 4.69) is 26.3 Å². The van der Waals surface area contributed by atoms with E-state index in [0.29, 0.717) is 41.6 Å². The highest BCUT2D eigenvalue weighted by Gasteiger charge is 2.23. The van der Waals surface area contributed by atoms with Crippen LogP contribution >= 0.6 is 0 Å². The van der Waals surface area contributed by atoms with Crippen molar-refractivity contribution in [1.82, 2.24) is 24.3 Å². The number of likely N-dealkylation sites (tertiary alicyclic amines) is 1. The Hall–Kier alpha value is -3.98. The Morgan fingerprint density at radius 3 is 3.00 bits per heavy atom. The van der Waals surface area contributed by atoms with E-state index >= 15 is 0 Å². The number of aromatic nitrogens is 4. The highest BCUT2D eigenvalue weighted by molar-refractivity contribution is 5.78. The van der Waals surface area contributed by atoms with Gasteiger partial charge in [0.2, 0.25) is 5.91 Å². The first-order valence-corrected chi connectivity index (χ1v) is 9.30. The van der Waals surface area contributed by atoms with Gasteiger partial charge < -0.3 is 10.2 Å². The number of piperidine rings is 1. The summed E-state index contributed by atoms with van der Waals surface area (Å²) >= 11 is 0. The van der Waals surface area contributed by atoms with Crippen LogP contribution in [0.3, 0.4) is 0 Å². The molecule has 1 saturated heterocycles. The van der Waals surface area contributed by atoms with Gasteiger partial charge in [-0.15, -0.1) is 0 Å². The molecular weight excluding hydrogens is 368 g/mol. The summed E-state index contributed by atoms with van der Waals surface area (Å²) in [5.74, 6) is 1.01. The van der Waals surface area contributed by atoms with Crippen LogP contribution in [0.15, 0.2) is 36.8 Å². The zero-order valence-electron chi connectivity index (χ0n) is 15.6. The lowest BCUT2D eigenvalue weighted by Gasteiger charge is -2.33. The van der Waals surface area contributed by atoms with Crippen LogP contribution in [0.25, 0.3) is 17.2 Å². The average Bonchev–Trinajstić information content (AvgIpc) is 3.17. The summed E-state index contributed by atoms with van der Waals surface area (Å²) in [6.45, 7) is 1.22. The molecule has 1 amide bonds. The van der Waals surface area contributed by atoms with Crippen molar-refractivity contribution in [3.8, 4) is 23.7 Å². The summed E-state index contributed by atoms with van der Waals surface area (Å²) in [5.41, 5.74) is 1.92.